The molecule has 2 heteroatoms. The Labute approximate surface area is 165 Å². The zero-order valence-electron chi connectivity index (χ0n) is 19.1. The summed E-state index contributed by atoms with van der Waals surface area (Å²) in [5.74, 6) is 1.68. The molecule has 0 N–H and O–H groups in total. The Hall–Kier alpha value is 0.310. The standard InChI is InChI=1S/C23H48OS/c1-11-13-15-19(14-12-2)21(5,6)17-23(9,10)24-22(7,8)16-20(3,4)18-25/h19,25H,11-18H2,1-10H3. The molecule has 0 saturated heterocycles. The van der Waals surface area contributed by atoms with Crippen LogP contribution in [0.2, 0.25) is 0 Å². The van der Waals surface area contributed by atoms with Gasteiger partial charge in [-0.15, -0.1) is 0 Å². The van der Waals surface area contributed by atoms with Crippen molar-refractivity contribution >= 4 is 12.6 Å². The molecule has 0 aromatic rings. The maximum absolute atomic E-state index is 6.70. The van der Waals surface area contributed by atoms with Gasteiger partial charge in [0.1, 0.15) is 0 Å². The van der Waals surface area contributed by atoms with E-state index >= 15 is 0 Å². The predicted molar refractivity (Wildman–Crippen MR) is 118 cm³/mol. The van der Waals surface area contributed by atoms with Gasteiger partial charge in [0.15, 0.2) is 0 Å². The number of thiol groups is 1. The molecule has 1 nitrogen and oxygen atoms in total. The highest BCUT2D eigenvalue weighted by molar-refractivity contribution is 7.80. The summed E-state index contributed by atoms with van der Waals surface area (Å²) in [4.78, 5) is 0. The van der Waals surface area contributed by atoms with Gasteiger partial charge in [-0.2, -0.15) is 12.6 Å². The number of unbranched alkanes of at least 4 members (excludes halogenated alkanes) is 1. The molecule has 0 aromatic heterocycles. The summed E-state index contributed by atoms with van der Waals surface area (Å²) < 4.78 is 6.70. The SMILES string of the molecule is CCCCC(CCC)C(C)(C)CC(C)(C)OC(C)(C)CC(C)(C)CS. The first-order chi connectivity index (χ1) is 11.2. The molecular formula is C23H48OS. The molecule has 0 aliphatic heterocycles. The van der Waals surface area contributed by atoms with E-state index in [2.05, 4.69) is 81.9 Å². The summed E-state index contributed by atoms with van der Waals surface area (Å²) in [5, 5.41) is 0. The summed E-state index contributed by atoms with van der Waals surface area (Å²) >= 11 is 4.52. The van der Waals surface area contributed by atoms with E-state index in [4.69, 9.17) is 4.74 Å². The van der Waals surface area contributed by atoms with Crippen molar-refractivity contribution in [2.45, 2.75) is 125 Å². The largest absolute Gasteiger partial charge is 0.370 e. The predicted octanol–water partition coefficient (Wildman–Crippen LogP) is 7.93. The number of hydrogen-bond acceptors (Lipinski definition) is 2. The van der Waals surface area contributed by atoms with Crippen molar-refractivity contribution in [3.05, 3.63) is 0 Å². The Morgan fingerprint density at radius 2 is 1.28 bits per heavy atom. The van der Waals surface area contributed by atoms with Gasteiger partial charge < -0.3 is 4.74 Å². The highest BCUT2D eigenvalue weighted by atomic mass is 32.1. The fourth-order valence-corrected chi connectivity index (χ4v) is 5.11. The molecule has 0 rings (SSSR count). The van der Waals surface area contributed by atoms with Gasteiger partial charge in [-0.05, 0) is 69.5 Å². The summed E-state index contributed by atoms with van der Waals surface area (Å²) in [5.41, 5.74) is 0.265. The van der Waals surface area contributed by atoms with Gasteiger partial charge in [0, 0.05) is 0 Å². The molecule has 0 spiro atoms. The highest BCUT2D eigenvalue weighted by Crippen LogP contribution is 2.43. The first-order valence-corrected chi connectivity index (χ1v) is 11.1. The fraction of sp³-hybridized carbons (Fsp3) is 1.00. The minimum absolute atomic E-state index is 0.113. The third-order valence-electron chi connectivity index (χ3n) is 5.41. The monoisotopic (exact) mass is 372 g/mol. The van der Waals surface area contributed by atoms with Crippen LogP contribution >= 0.6 is 12.6 Å². The minimum atomic E-state index is -0.129. The van der Waals surface area contributed by atoms with Crippen molar-refractivity contribution in [2.24, 2.45) is 16.7 Å². The van der Waals surface area contributed by atoms with Crippen LogP contribution < -0.4 is 0 Å². The minimum Gasteiger partial charge on any atom is -0.370 e. The van der Waals surface area contributed by atoms with Crippen LogP contribution in [0, 0.1) is 16.7 Å². The van der Waals surface area contributed by atoms with Crippen molar-refractivity contribution in [2.75, 3.05) is 5.75 Å². The van der Waals surface area contributed by atoms with E-state index in [-0.39, 0.29) is 16.6 Å². The van der Waals surface area contributed by atoms with E-state index in [0.717, 1.165) is 24.5 Å². The van der Waals surface area contributed by atoms with Crippen LogP contribution in [0.4, 0.5) is 0 Å². The van der Waals surface area contributed by atoms with E-state index in [1.807, 2.05) is 0 Å². The maximum atomic E-state index is 6.70. The molecule has 0 amide bonds. The Morgan fingerprint density at radius 1 is 0.760 bits per heavy atom. The second-order valence-corrected chi connectivity index (χ2v) is 11.2. The molecule has 25 heavy (non-hydrogen) atoms. The third kappa shape index (κ3) is 10.3. The molecule has 0 heterocycles. The van der Waals surface area contributed by atoms with Gasteiger partial charge >= 0.3 is 0 Å². The molecular weight excluding hydrogens is 324 g/mol. The fourth-order valence-electron chi connectivity index (χ4n) is 4.99. The zero-order chi connectivity index (χ0) is 19.9. The number of rotatable bonds is 13. The topological polar surface area (TPSA) is 9.23 Å². The quantitative estimate of drug-likeness (QED) is 0.323. The normalized spacial score (nSPS) is 15.5. The second kappa shape index (κ2) is 10.0. The van der Waals surface area contributed by atoms with Crippen LogP contribution in [0.5, 0.6) is 0 Å². The first kappa shape index (κ1) is 25.3. The highest BCUT2D eigenvalue weighted by Gasteiger charge is 2.39. The lowest BCUT2D eigenvalue weighted by Gasteiger charge is -2.45. The number of hydrogen-bond donors (Lipinski definition) is 1. The lowest BCUT2D eigenvalue weighted by atomic mass is 9.68. The molecule has 0 bridgehead atoms. The Balaban J connectivity index is 5.05. The number of ether oxygens (including phenoxy) is 1. The summed E-state index contributed by atoms with van der Waals surface area (Å²) in [6, 6.07) is 0. The molecule has 1 unspecified atom stereocenters. The van der Waals surface area contributed by atoms with Crippen molar-refractivity contribution < 1.29 is 4.74 Å². The van der Waals surface area contributed by atoms with Gasteiger partial charge in [-0.1, -0.05) is 67.2 Å². The molecule has 0 fully saturated rings. The Morgan fingerprint density at radius 3 is 1.72 bits per heavy atom. The van der Waals surface area contributed by atoms with Crippen molar-refractivity contribution in [3.63, 3.8) is 0 Å². The van der Waals surface area contributed by atoms with Crippen molar-refractivity contribution in [3.8, 4) is 0 Å². The lowest BCUT2D eigenvalue weighted by Crippen LogP contribution is -2.43. The Bertz CT molecular complexity index is 368. The van der Waals surface area contributed by atoms with E-state index in [0.29, 0.717) is 5.41 Å². The third-order valence-corrected chi connectivity index (χ3v) is 6.27. The molecule has 0 radical (unpaired) electrons. The van der Waals surface area contributed by atoms with Crippen molar-refractivity contribution in [1.82, 2.24) is 0 Å². The van der Waals surface area contributed by atoms with Crippen LogP contribution in [-0.2, 0) is 4.74 Å². The maximum Gasteiger partial charge on any atom is 0.0639 e. The molecule has 0 aromatic carbocycles. The van der Waals surface area contributed by atoms with Crippen molar-refractivity contribution in [1.29, 1.82) is 0 Å². The molecule has 0 aliphatic rings. The van der Waals surface area contributed by atoms with Gasteiger partial charge in [0.2, 0.25) is 0 Å². The summed E-state index contributed by atoms with van der Waals surface area (Å²) in [6.45, 7) is 23.2. The first-order valence-electron chi connectivity index (χ1n) is 10.5. The van der Waals surface area contributed by atoms with E-state index in [1.165, 1.54) is 32.1 Å². The van der Waals surface area contributed by atoms with Gasteiger partial charge in [-0.25, -0.2) is 0 Å². The van der Waals surface area contributed by atoms with Crippen LogP contribution in [0.1, 0.15) is 114 Å². The van der Waals surface area contributed by atoms with Crippen LogP contribution in [0.25, 0.3) is 0 Å². The molecule has 1 atom stereocenters. The smallest absolute Gasteiger partial charge is 0.0639 e. The van der Waals surface area contributed by atoms with Crippen LogP contribution in [0.15, 0.2) is 0 Å². The zero-order valence-corrected chi connectivity index (χ0v) is 20.0. The van der Waals surface area contributed by atoms with Crippen LogP contribution in [0.3, 0.4) is 0 Å². The molecule has 0 aliphatic carbocycles. The van der Waals surface area contributed by atoms with Gasteiger partial charge in [0.25, 0.3) is 0 Å². The summed E-state index contributed by atoms with van der Waals surface area (Å²) in [6.07, 6.45) is 8.74. The van der Waals surface area contributed by atoms with Gasteiger partial charge in [0.05, 0.1) is 11.2 Å². The van der Waals surface area contributed by atoms with Gasteiger partial charge in [-0.3, -0.25) is 0 Å². The molecule has 0 saturated carbocycles. The average molecular weight is 373 g/mol. The average Bonchev–Trinajstić information content (AvgIpc) is 2.39. The van der Waals surface area contributed by atoms with E-state index < -0.39 is 0 Å². The second-order valence-electron chi connectivity index (χ2n) is 10.9. The Kier molecular flexibility index (Phi) is 10.1. The molecule has 152 valence electrons. The van der Waals surface area contributed by atoms with Crippen LogP contribution in [-0.4, -0.2) is 17.0 Å². The van der Waals surface area contributed by atoms with E-state index in [1.54, 1.807) is 0 Å². The lowest BCUT2D eigenvalue weighted by molar-refractivity contribution is -0.154. The summed E-state index contributed by atoms with van der Waals surface area (Å²) in [7, 11) is 0. The van der Waals surface area contributed by atoms with E-state index in [9.17, 15) is 0 Å².